The number of imide groups is 1. The van der Waals surface area contributed by atoms with Gasteiger partial charge in [-0.1, -0.05) is 12.1 Å². The molecule has 0 radical (unpaired) electrons. The van der Waals surface area contributed by atoms with Crippen LogP contribution in [0.4, 0.5) is 0 Å². The van der Waals surface area contributed by atoms with E-state index in [0.29, 0.717) is 0 Å². The summed E-state index contributed by atoms with van der Waals surface area (Å²) in [5.41, 5.74) is 0.484. The summed E-state index contributed by atoms with van der Waals surface area (Å²) in [6.45, 7) is -1.20. The van der Waals surface area contributed by atoms with Crippen LogP contribution in [0.3, 0.4) is 0 Å². The Kier molecular flexibility index (Phi) is 5.25. The molecule has 1 aliphatic rings. The number of esters is 1. The zero-order chi connectivity index (χ0) is 17.7. The number of nitrogens with one attached hydrogen (secondary N) is 2. The first-order valence-electron chi connectivity index (χ1n) is 6.99. The summed E-state index contributed by atoms with van der Waals surface area (Å²) < 4.78 is 4.35. The van der Waals surface area contributed by atoms with Gasteiger partial charge in [-0.25, -0.2) is 0 Å². The molecule has 0 fully saturated rings. The highest BCUT2D eigenvalue weighted by Gasteiger charge is 2.36. The van der Waals surface area contributed by atoms with Crippen molar-refractivity contribution in [1.82, 2.24) is 15.5 Å². The quantitative estimate of drug-likeness (QED) is 0.492. The smallest absolute Gasteiger partial charge is 0.325 e. The molecule has 126 valence electrons. The van der Waals surface area contributed by atoms with E-state index in [9.17, 15) is 24.0 Å². The molecule has 0 aliphatic carbocycles. The van der Waals surface area contributed by atoms with Gasteiger partial charge in [0.25, 0.3) is 11.8 Å². The van der Waals surface area contributed by atoms with Crippen molar-refractivity contribution in [2.75, 3.05) is 26.7 Å². The number of carbonyl (C=O) groups is 5. The molecule has 2 N–H and O–H groups in total. The van der Waals surface area contributed by atoms with Crippen molar-refractivity contribution in [2.45, 2.75) is 0 Å². The van der Waals surface area contributed by atoms with E-state index in [4.69, 9.17) is 0 Å². The van der Waals surface area contributed by atoms with Crippen LogP contribution in [0.25, 0.3) is 0 Å². The van der Waals surface area contributed by atoms with Crippen LogP contribution in [0.1, 0.15) is 20.7 Å². The normalized spacial score (nSPS) is 12.6. The Morgan fingerprint density at radius 1 is 0.958 bits per heavy atom. The van der Waals surface area contributed by atoms with Crippen LogP contribution >= 0.6 is 0 Å². The van der Waals surface area contributed by atoms with E-state index in [0.717, 1.165) is 4.90 Å². The fourth-order valence-corrected chi connectivity index (χ4v) is 2.07. The van der Waals surface area contributed by atoms with E-state index in [1.54, 1.807) is 12.1 Å². The fourth-order valence-electron chi connectivity index (χ4n) is 2.07. The summed E-state index contributed by atoms with van der Waals surface area (Å²) >= 11 is 0. The highest BCUT2D eigenvalue weighted by Crippen LogP contribution is 2.21. The number of hydrogen-bond donors (Lipinski definition) is 2. The van der Waals surface area contributed by atoms with Crippen molar-refractivity contribution in [1.29, 1.82) is 0 Å². The lowest BCUT2D eigenvalue weighted by molar-refractivity contribution is -0.141. The summed E-state index contributed by atoms with van der Waals surface area (Å²) in [5, 5.41) is 4.51. The van der Waals surface area contributed by atoms with Gasteiger partial charge in [-0.05, 0) is 12.1 Å². The van der Waals surface area contributed by atoms with E-state index in [1.165, 1.54) is 19.2 Å². The van der Waals surface area contributed by atoms with Gasteiger partial charge in [-0.3, -0.25) is 28.9 Å². The van der Waals surface area contributed by atoms with Gasteiger partial charge in [0, 0.05) is 0 Å². The lowest BCUT2D eigenvalue weighted by atomic mass is 10.1. The number of methoxy groups -OCH3 is 1. The maximum atomic E-state index is 12.1. The zero-order valence-electron chi connectivity index (χ0n) is 12.8. The number of rotatable bonds is 6. The molecule has 0 saturated carbocycles. The number of benzene rings is 1. The topological polar surface area (TPSA) is 122 Å². The summed E-state index contributed by atoms with van der Waals surface area (Å²) in [5.74, 6) is -3.00. The predicted molar refractivity (Wildman–Crippen MR) is 79.8 cm³/mol. The number of fused-ring (bicyclic) bond motifs is 1. The largest absolute Gasteiger partial charge is 0.468 e. The molecule has 9 nitrogen and oxygen atoms in total. The van der Waals surface area contributed by atoms with E-state index >= 15 is 0 Å². The Labute approximate surface area is 136 Å². The zero-order valence-corrected chi connectivity index (χ0v) is 12.8. The number of hydrogen-bond acceptors (Lipinski definition) is 6. The number of ether oxygens (including phenoxy) is 1. The van der Waals surface area contributed by atoms with Gasteiger partial charge in [0.05, 0.1) is 24.8 Å². The fraction of sp³-hybridized carbons (Fsp3) is 0.267. The van der Waals surface area contributed by atoms with Gasteiger partial charge in [0.1, 0.15) is 13.1 Å². The Hall–Kier alpha value is -3.23. The van der Waals surface area contributed by atoms with Crippen molar-refractivity contribution in [3.05, 3.63) is 35.4 Å². The molecule has 0 bridgehead atoms. The molecular weight excluding hydrogens is 318 g/mol. The molecule has 1 aromatic rings. The third-order valence-electron chi connectivity index (χ3n) is 3.28. The van der Waals surface area contributed by atoms with E-state index < -0.39 is 36.1 Å². The number of amides is 4. The molecule has 0 spiro atoms. The first-order chi connectivity index (χ1) is 11.4. The lowest BCUT2D eigenvalue weighted by Gasteiger charge is -2.13. The highest BCUT2D eigenvalue weighted by atomic mass is 16.5. The summed E-state index contributed by atoms with van der Waals surface area (Å²) in [4.78, 5) is 59.1. The lowest BCUT2D eigenvalue weighted by Crippen LogP contribution is -2.44. The van der Waals surface area contributed by atoms with Crippen LogP contribution < -0.4 is 10.6 Å². The van der Waals surface area contributed by atoms with Crippen molar-refractivity contribution in [2.24, 2.45) is 0 Å². The second-order valence-electron chi connectivity index (χ2n) is 4.87. The molecule has 4 amide bonds. The minimum atomic E-state index is -0.669. The van der Waals surface area contributed by atoms with E-state index in [-0.39, 0.29) is 24.2 Å². The van der Waals surface area contributed by atoms with Crippen LogP contribution in [0.2, 0.25) is 0 Å². The molecule has 1 aromatic carbocycles. The molecule has 1 aliphatic heterocycles. The summed E-state index contributed by atoms with van der Waals surface area (Å²) in [6, 6.07) is 6.26. The third kappa shape index (κ3) is 3.75. The molecule has 0 unspecified atom stereocenters. The van der Waals surface area contributed by atoms with Crippen molar-refractivity contribution < 1.29 is 28.7 Å². The van der Waals surface area contributed by atoms with Gasteiger partial charge in [0.2, 0.25) is 11.8 Å². The predicted octanol–water partition coefficient (Wildman–Crippen LogP) is -1.31. The molecule has 0 atom stereocenters. The summed E-state index contributed by atoms with van der Waals surface area (Å²) in [6.07, 6.45) is 0. The average molecular weight is 333 g/mol. The molecule has 9 heteroatoms. The molecule has 0 saturated heterocycles. The number of carbonyl (C=O) groups excluding carboxylic acids is 5. The van der Waals surface area contributed by atoms with Crippen LogP contribution in [0.5, 0.6) is 0 Å². The Morgan fingerprint density at radius 3 is 2.04 bits per heavy atom. The third-order valence-corrected chi connectivity index (χ3v) is 3.28. The molecule has 1 heterocycles. The average Bonchev–Trinajstić information content (AvgIpc) is 2.83. The molecule has 2 rings (SSSR count). The van der Waals surface area contributed by atoms with Gasteiger partial charge in [-0.2, -0.15) is 0 Å². The molecule has 24 heavy (non-hydrogen) atoms. The Bertz CT molecular complexity index is 680. The van der Waals surface area contributed by atoms with Crippen molar-refractivity contribution in [3.8, 4) is 0 Å². The number of nitrogens with zero attached hydrogens (tertiary/aromatic N) is 1. The van der Waals surface area contributed by atoms with E-state index in [2.05, 4.69) is 15.4 Å². The monoisotopic (exact) mass is 333 g/mol. The van der Waals surface area contributed by atoms with Crippen LogP contribution in [-0.4, -0.2) is 61.2 Å². The SMILES string of the molecule is COC(=O)CNC(=O)CNC(=O)CN1C(=O)c2ccccc2C1=O. The minimum absolute atomic E-state index is 0.242. The van der Waals surface area contributed by atoms with Crippen LogP contribution in [-0.2, 0) is 19.1 Å². The molecule has 0 aromatic heterocycles. The highest BCUT2D eigenvalue weighted by molar-refractivity contribution is 6.22. The first kappa shape index (κ1) is 17.1. The molecular formula is C15H15N3O6. The standard InChI is InChI=1S/C15H15N3O6/c1-24-13(21)7-17-11(19)6-16-12(20)8-18-14(22)9-4-2-3-5-10(9)15(18)23/h2-5H,6-8H2,1H3,(H,16,20)(H,17,19). The summed E-state index contributed by atoms with van der Waals surface area (Å²) in [7, 11) is 1.18. The Balaban J connectivity index is 1.83. The van der Waals surface area contributed by atoms with Crippen LogP contribution in [0, 0.1) is 0 Å². The minimum Gasteiger partial charge on any atom is -0.468 e. The maximum Gasteiger partial charge on any atom is 0.325 e. The van der Waals surface area contributed by atoms with Gasteiger partial charge >= 0.3 is 5.97 Å². The van der Waals surface area contributed by atoms with Crippen molar-refractivity contribution in [3.63, 3.8) is 0 Å². The second-order valence-corrected chi connectivity index (χ2v) is 4.87. The van der Waals surface area contributed by atoms with Gasteiger partial charge in [0.15, 0.2) is 0 Å². The second kappa shape index (κ2) is 7.36. The Morgan fingerprint density at radius 2 is 1.50 bits per heavy atom. The van der Waals surface area contributed by atoms with E-state index in [1.807, 2.05) is 0 Å². The van der Waals surface area contributed by atoms with Gasteiger partial charge in [-0.15, -0.1) is 0 Å². The van der Waals surface area contributed by atoms with Crippen molar-refractivity contribution >= 4 is 29.6 Å². The first-order valence-corrected chi connectivity index (χ1v) is 6.99. The maximum absolute atomic E-state index is 12.1. The van der Waals surface area contributed by atoms with Crippen LogP contribution in [0.15, 0.2) is 24.3 Å². The van der Waals surface area contributed by atoms with Gasteiger partial charge < -0.3 is 15.4 Å².